The van der Waals surface area contributed by atoms with Crippen LogP contribution in [0.3, 0.4) is 0 Å². The average molecular weight is 415 g/mol. The molecule has 0 spiro atoms. The largest absolute Gasteiger partial charge is 0.0622 e. The van der Waals surface area contributed by atoms with Crippen LogP contribution in [-0.4, -0.2) is 0 Å². The van der Waals surface area contributed by atoms with Crippen LogP contribution in [0.2, 0.25) is 0 Å². The van der Waals surface area contributed by atoms with E-state index >= 15 is 0 Å². The van der Waals surface area contributed by atoms with Crippen molar-refractivity contribution in [2.75, 3.05) is 0 Å². The number of hydrogen-bond acceptors (Lipinski definition) is 0. The summed E-state index contributed by atoms with van der Waals surface area (Å²) < 4.78 is 0. The van der Waals surface area contributed by atoms with Crippen molar-refractivity contribution in [2.24, 2.45) is 57.2 Å². The second-order valence-corrected chi connectivity index (χ2v) is 14.7. The molecule has 8 atom stereocenters. The highest BCUT2D eigenvalue weighted by molar-refractivity contribution is 5.05. The lowest BCUT2D eigenvalue weighted by molar-refractivity contribution is -0.116. The quantitative estimate of drug-likeness (QED) is 0.431. The van der Waals surface area contributed by atoms with Crippen LogP contribution < -0.4 is 0 Å². The summed E-state index contributed by atoms with van der Waals surface area (Å²) >= 11 is 0. The van der Waals surface area contributed by atoms with Crippen LogP contribution in [0.15, 0.2) is 0 Å². The fourth-order valence-electron chi connectivity index (χ4n) is 10.8. The Kier molecular flexibility index (Phi) is 6.02. The Balaban J connectivity index is 1.55. The first-order chi connectivity index (χ1) is 13.9. The molecule has 0 amide bonds. The molecule has 4 aliphatic carbocycles. The lowest BCUT2D eigenvalue weighted by Gasteiger charge is -2.61. The molecule has 0 aliphatic heterocycles. The maximum atomic E-state index is 2.73. The van der Waals surface area contributed by atoms with Crippen molar-refractivity contribution < 1.29 is 0 Å². The normalized spacial score (nSPS) is 50.4. The minimum absolute atomic E-state index is 0.563. The Hall–Kier alpha value is 0. The average Bonchev–Trinajstić information content (AvgIpc) is 2.61. The van der Waals surface area contributed by atoms with E-state index in [1.807, 2.05) is 0 Å². The van der Waals surface area contributed by atoms with Crippen LogP contribution in [0.5, 0.6) is 0 Å². The fourth-order valence-corrected chi connectivity index (χ4v) is 10.8. The van der Waals surface area contributed by atoms with Crippen molar-refractivity contribution >= 4 is 0 Å². The van der Waals surface area contributed by atoms with E-state index in [1.165, 1.54) is 77.0 Å². The third kappa shape index (κ3) is 3.63. The molecule has 0 unspecified atom stereocenters. The molecule has 4 rings (SSSR count). The lowest BCUT2D eigenvalue weighted by Crippen LogP contribution is -2.53. The molecule has 0 saturated heterocycles. The third-order valence-corrected chi connectivity index (χ3v) is 12.2. The number of fused-ring (bicyclic) bond motifs is 2. The first kappa shape index (κ1) is 23.2. The van der Waals surface area contributed by atoms with Crippen molar-refractivity contribution in [1.82, 2.24) is 0 Å². The van der Waals surface area contributed by atoms with Gasteiger partial charge in [0.15, 0.2) is 0 Å². The molecule has 0 nitrogen and oxygen atoms in total. The second kappa shape index (κ2) is 7.80. The van der Waals surface area contributed by atoms with Crippen molar-refractivity contribution in [1.29, 1.82) is 0 Å². The van der Waals surface area contributed by atoms with E-state index in [9.17, 15) is 0 Å². The van der Waals surface area contributed by atoms with E-state index < -0.39 is 0 Å². The van der Waals surface area contributed by atoms with E-state index in [4.69, 9.17) is 0 Å². The topological polar surface area (TPSA) is 0 Å². The first-order valence-corrected chi connectivity index (χ1v) is 13.9. The van der Waals surface area contributed by atoms with Crippen molar-refractivity contribution in [3.05, 3.63) is 0 Å². The SMILES string of the molecule is C[C@@H]1CC[C@H]2C(C)(C)CCC[C@]2(C)[C@H]1CC[C@H]1[C@@H](C)CC[C@H]2C(C)(C)CCC[C@]12C. The number of hydrogen-bond donors (Lipinski definition) is 0. The van der Waals surface area contributed by atoms with Gasteiger partial charge in [0.05, 0.1) is 0 Å². The van der Waals surface area contributed by atoms with Gasteiger partial charge < -0.3 is 0 Å². The van der Waals surface area contributed by atoms with Crippen molar-refractivity contribution in [3.8, 4) is 0 Å². The monoisotopic (exact) mass is 414 g/mol. The van der Waals surface area contributed by atoms with Crippen molar-refractivity contribution in [2.45, 2.75) is 132 Å². The summed E-state index contributed by atoms with van der Waals surface area (Å²) in [7, 11) is 0. The van der Waals surface area contributed by atoms with Gasteiger partial charge >= 0.3 is 0 Å². The molecule has 0 bridgehead atoms. The van der Waals surface area contributed by atoms with Gasteiger partial charge in [0.1, 0.15) is 0 Å². The maximum absolute atomic E-state index is 2.73. The van der Waals surface area contributed by atoms with Crippen LogP contribution in [-0.2, 0) is 0 Å². The Morgan fingerprint density at radius 3 is 1.27 bits per heavy atom. The highest BCUT2D eigenvalue weighted by Gasteiger charge is 2.56. The minimum Gasteiger partial charge on any atom is -0.0622 e. The highest BCUT2D eigenvalue weighted by atomic mass is 14.6. The molecular weight excluding hydrogens is 360 g/mol. The highest BCUT2D eigenvalue weighted by Crippen LogP contribution is 2.65. The third-order valence-electron chi connectivity index (χ3n) is 12.2. The smallest absolute Gasteiger partial charge is 0.0262 e. The standard InChI is InChI=1S/C30H54/c1-21-11-15-25-27(3,4)17-9-19-29(25,7)23(21)13-14-24-22(2)12-16-26-28(5,6)18-10-20-30(24,26)8/h21-26H,9-20H2,1-8H3/t21-,22+,23-,24-,25-,26-,29+,30+/m0/s1. The molecule has 0 N–H and O–H groups in total. The molecule has 0 heteroatoms. The zero-order valence-corrected chi connectivity index (χ0v) is 21.9. The van der Waals surface area contributed by atoms with Gasteiger partial charge in [-0.15, -0.1) is 0 Å². The van der Waals surface area contributed by atoms with Crippen LogP contribution in [0.25, 0.3) is 0 Å². The molecule has 4 saturated carbocycles. The van der Waals surface area contributed by atoms with Gasteiger partial charge in [-0.25, -0.2) is 0 Å². The van der Waals surface area contributed by atoms with E-state index in [2.05, 4.69) is 55.4 Å². The van der Waals surface area contributed by atoms with Gasteiger partial charge in [-0.1, -0.05) is 81.1 Å². The summed E-state index contributed by atoms with van der Waals surface area (Å²) in [6.07, 6.45) is 17.9. The van der Waals surface area contributed by atoms with Gasteiger partial charge in [0.2, 0.25) is 0 Å². The van der Waals surface area contributed by atoms with Gasteiger partial charge in [-0.2, -0.15) is 0 Å². The molecule has 4 fully saturated rings. The predicted molar refractivity (Wildman–Crippen MR) is 131 cm³/mol. The van der Waals surface area contributed by atoms with Crippen LogP contribution in [0.1, 0.15) is 132 Å². The van der Waals surface area contributed by atoms with Crippen molar-refractivity contribution in [3.63, 3.8) is 0 Å². The second-order valence-electron chi connectivity index (χ2n) is 14.7. The van der Waals surface area contributed by atoms with E-state index in [0.717, 1.165) is 35.5 Å². The van der Waals surface area contributed by atoms with Gasteiger partial charge in [0, 0.05) is 0 Å². The van der Waals surface area contributed by atoms with Gasteiger partial charge in [-0.05, 0) is 109 Å². The lowest BCUT2D eigenvalue weighted by atomic mass is 9.44. The summed E-state index contributed by atoms with van der Waals surface area (Å²) in [5.74, 6) is 5.71. The van der Waals surface area contributed by atoms with Crippen LogP contribution in [0.4, 0.5) is 0 Å². The van der Waals surface area contributed by atoms with E-state index in [-0.39, 0.29) is 0 Å². The molecule has 30 heavy (non-hydrogen) atoms. The van der Waals surface area contributed by atoms with Gasteiger partial charge in [-0.3, -0.25) is 0 Å². The van der Waals surface area contributed by atoms with E-state index in [1.54, 1.807) is 0 Å². The van der Waals surface area contributed by atoms with Gasteiger partial charge in [0.25, 0.3) is 0 Å². The molecule has 0 aromatic heterocycles. The zero-order valence-electron chi connectivity index (χ0n) is 21.9. The summed E-state index contributed by atoms with van der Waals surface area (Å²) in [5.41, 5.74) is 2.33. The molecular formula is C30H54. The van der Waals surface area contributed by atoms with Crippen LogP contribution >= 0.6 is 0 Å². The fraction of sp³-hybridized carbons (Fsp3) is 1.00. The van der Waals surface area contributed by atoms with Crippen LogP contribution in [0, 0.1) is 57.2 Å². The molecule has 0 heterocycles. The molecule has 0 aromatic carbocycles. The Labute approximate surface area is 189 Å². The Bertz CT molecular complexity index is 560. The Morgan fingerprint density at radius 2 is 0.900 bits per heavy atom. The zero-order chi connectivity index (χ0) is 21.9. The summed E-state index contributed by atoms with van der Waals surface area (Å²) in [5, 5.41) is 0. The molecule has 0 radical (unpaired) electrons. The number of rotatable bonds is 3. The maximum Gasteiger partial charge on any atom is -0.0262 e. The Morgan fingerprint density at radius 1 is 0.533 bits per heavy atom. The molecule has 174 valence electrons. The van der Waals surface area contributed by atoms with E-state index in [0.29, 0.717) is 21.7 Å². The summed E-state index contributed by atoms with van der Waals surface area (Å²) in [6, 6.07) is 0. The summed E-state index contributed by atoms with van der Waals surface area (Å²) in [6.45, 7) is 21.1. The molecule has 0 aromatic rings. The molecule has 4 aliphatic rings. The first-order valence-electron chi connectivity index (χ1n) is 13.9. The predicted octanol–water partition coefficient (Wildman–Crippen LogP) is 9.52. The summed E-state index contributed by atoms with van der Waals surface area (Å²) in [4.78, 5) is 0. The minimum atomic E-state index is 0.563.